The van der Waals surface area contributed by atoms with Crippen LogP contribution in [0.15, 0.2) is 60.7 Å². The van der Waals surface area contributed by atoms with Gasteiger partial charge in [-0.1, -0.05) is 24.3 Å². The largest absolute Gasteiger partial charge is 0.494 e. The number of pyridine rings is 1. The van der Waals surface area contributed by atoms with Gasteiger partial charge in [-0.25, -0.2) is 13.4 Å². The van der Waals surface area contributed by atoms with Gasteiger partial charge in [-0.3, -0.25) is 9.29 Å². The number of nitriles is 1. The molecular formula is C26H26N6O6S. The SMILES string of the molecule is COc1cccc(-c2nnc(NS(=O)(=O)[C@H](C)[C@@H](O)c3ccc(C#N)cc3)n2-c2c(OC)cccc2OC)n1. The van der Waals surface area contributed by atoms with Gasteiger partial charge in [-0.05, 0) is 42.8 Å². The molecule has 13 heteroatoms. The molecule has 2 aromatic carbocycles. The van der Waals surface area contributed by atoms with E-state index >= 15 is 0 Å². The number of para-hydroxylation sites is 1. The molecule has 0 bridgehead atoms. The molecule has 0 unspecified atom stereocenters. The van der Waals surface area contributed by atoms with E-state index in [1.54, 1.807) is 36.4 Å². The monoisotopic (exact) mass is 550 g/mol. The lowest BCUT2D eigenvalue weighted by Gasteiger charge is -2.21. The minimum Gasteiger partial charge on any atom is -0.494 e. The number of benzene rings is 2. The fraction of sp³-hybridized carbons (Fsp3) is 0.231. The number of aliphatic hydroxyl groups excluding tert-OH is 1. The van der Waals surface area contributed by atoms with E-state index in [1.165, 1.54) is 57.1 Å². The van der Waals surface area contributed by atoms with E-state index in [2.05, 4.69) is 19.9 Å². The highest BCUT2D eigenvalue weighted by atomic mass is 32.2. The van der Waals surface area contributed by atoms with Gasteiger partial charge in [-0.2, -0.15) is 5.26 Å². The molecule has 0 saturated heterocycles. The number of hydrogen-bond acceptors (Lipinski definition) is 10. The van der Waals surface area contributed by atoms with E-state index in [9.17, 15) is 13.5 Å². The highest BCUT2D eigenvalue weighted by molar-refractivity contribution is 7.93. The van der Waals surface area contributed by atoms with Crippen LogP contribution in [0.2, 0.25) is 0 Å². The molecule has 2 atom stereocenters. The van der Waals surface area contributed by atoms with Crippen LogP contribution in [0.3, 0.4) is 0 Å². The summed E-state index contributed by atoms with van der Waals surface area (Å²) in [6.45, 7) is 1.36. The first-order valence-electron chi connectivity index (χ1n) is 11.6. The molecule has 39 heavy (non-hydrogen) atoms. The van der Waals surface area contributed by atoms with Crippen molar-refractivity contribution < 1.29 is 27.7 Å². The number of methoxy groups -OCH3 is 3. The van der Waals surface area contributed by atoms with Crippen LogP contribution < -0.4 is 18.9 Å². The van der Waals surface area contributed by atoms with Crippen molar-refractivity contribution in [3.63, 3.8) is 0 Å². The van der Waals surface area contributed by atoms with Gasteiger partial charge in [0.05, 0.1) is 39.1 Å². The Morgan fingerprint density at radius 2 is 1.59 bits per heavy atom. The van der Waals surface area contributed by atoms with Crippen LogP contribution in [0, 0.1) is 11.3 Å². The molecule has 2 heterocycles. The zero-order valence-electron chi connectivity index (χ0n) is 21.6. The quantitative estimate of drug-likeness (QED) is 0.300. The fourth-order valence-corrected chi connectivity index (χ4v) is 4.92. The third-order valence-corrected chi connectivity index (χ3v) is 7.70. The van der Waals surface area contributed by atoms with Gasteiger partial charge in [0.1, 0.15) is 28.1 Å². The topological polar surface area (TPSA) is 161 Å². The number of aliphatic hydroxyl groups is 1. The van der Waals surface area contributed by atoms with Gasteiger partial charge >= 0.3 is 0 Å². The van der Waals surface area contributed by atoms with E-state index in [1.807, 2.05) is 6.07 Å². The zero-order chi connectivity index (χ0) is 28.2. The maximum atomic E-state index is 13.5. The Bertz CT molecular complexity index is 1590. The summed E-state index contributed by atoms with van der Waals surface area (Å²) in [6, 6.07) is 18.1. The van der Waals surface area contributed by atoms with Crippen LogP contribution in [-0.4, -0.2) is 59.9 Å². The van der Waals surface area contributed by atoms with Crippen LogP contribution in [0.1, 0.15) is 24.2 Å². The summed E-state index contributed by atoms with van der Waals surface area (Å²) in [7, 11) is 0.158. The maximum absolute atomic E-state index is 13.5. The molecule has 0 aliphatic heterocycles. The van der Waals surface area contributed by atoms with Crippen molar-refractivity contribution in [3.05, 3.63) is 71.8 Å². The molecule has 202 valence electrons. The molecule has 0 radical (unpaired) electrons. The fourth-order valence-electron chi connectivity index (χ4n) is 3.85. The molecule has 2 aromatic heterocycles. The summed E-state index contributed by atoms with van der Waals surface area (Å²) in [6.07, 6.45) is -1.40. The summed E-state index contributed by atoms with van der Waals surface area (Å²) in [4.78, 5) is 4.42. The number of nitrogens with zero attached hydrogens (tertiary/aromatic N) is 5. The lowest BCUT2D eigenvalue weighted by atomic mass is 10.1. The number of sulfonamides is 1. The van der Waals surface area contributed by atoms with E-state index in [-0.39, 0.29) is 11.8 Å². The Balaban J connectivity index is 1.82. The van der Waals surface area contributed by atoms with Crippen molar-refractivity contribution in [2.24, 2.45) is 0 Å². The summed E-state index contributed by atoms with van der Waals surface area (Å²) in [5.41, 5.74) is 1.38. The minimum atomic E-state index is -4.24. The molecule has 12 nitrogen and oxygen atoms in total. The predicted octanol–water partition coefficient (Wildman–Crippen LogP) is 3.09. The van der Waals surface area contributed by atoms with Crippen LogP contribution in [0.5, 0.6) is 17.4 Å². The van der Waals surface area contributed by atoms with Crippen molar-refractivity contribution in [2.45, 2.75) is 18.3 Å². The highest BCUT2D eigenvalue weighted by Gasteiger charge is 2.32. The summed E-state index contributed by atoms with van der Waals surface area (Å²) < 4.78 is 47.2. The van der Waals surface area contributed by atoms with Gasteiger partial charge in [-0.15, -0.1) is 10.2 Å². The van der Waals surface area contributed by atoms with Crippen molar-refractivity contribution >= 4 is 16.0 Å². The Hall–Kier alpha value is -4.67. The van der Waals surface area contributed by atoms with E-state index in [0.29, 0.717) is 39.9 Å². The van der Waals surface area contributed by atoms with Crippen molar-refractivity contribution in [2.75, 3.05) is 26.1 Å². The normalized spacial score (nSPS) is 12.7. The molecule has 0 aliphatic rings. The first-order chi connectivity index (χ1) is 18.7. The molecule has 0 saturated carbocycles. The Kier molecular flexibility index (Phi) is 7.99. The minimum absolute atomic E-state index is 0.176. The molecule has 4 rings (SSSR count). The second-order valence-corrected chi connectivity index (χ2v) is 10.3. The zero-order valence-corrected chi connectivity index (χ0v) is 22.4. The Morgan fingerprint density at radius 1 is 0.949 bits per heavy atom. The lowest BCUT2D eigenvalue weighted by Crippen LogP contribution is -2.32. The van der Waals surface area contributed by atoms with Gasteiger partial charge in [0.2, 0.25) is 21.9 Å². The van der Waals surface area contributed by atoms with Crippen molar-refractivity contribution in [1.29, 1.82) is 5.26 Å². The Morgan fingerprint density at radius 3 is 2.18 bits per heavy atom. The highest BCUT2D eigenvalue weighted by Crippen LogP contribution is 2.38. The third kappa shape index (κ3) is 5.47. The summed E-state index contributed by atoms with van der Waals surface area (Å²) in [5, 5.41) is 26.9. The number of aromatic nitrogens is 4. The number of nitrogens with one attached hydrogen (secondary N) is 1. The average Bonchev–Trinajstić information content (AvgIpc) is 3.37. The van der Waals surface area contributed by atoms with Crippen LogP contribution in [0.25, 0.3) is 17.2 Å². The van der Waals surface area contributed by atoms with Crippen LogP contribution in [0.4, 0.5) is 5.95 Å². The standard InChI is InChI=1S/C26H26N6O6S/c1-16(24(33)18-13-11-17(15-27)12-14-18)39(34,35)31-26-30-29-25(19-7-5-10-22(28-19)38-4)32(26)23-20(36-2)8-6-9-21(23)37-3/h5-14,16,24,33H,1-4H3,(H,30,31)/t16-,24-/m1/s1. The predicted molar refractivity (Wildman–Crippen MR) is 142 cm³/mol. The van der Waals surface area contributed by atoms with Gasteiger partial charge in [0, 0.05) is 6.07 Å². The maximum Gasteiger partial charge on any atom is 0.243 e. The first-order valence-corrected chi connectivity index (χ1v) is 13.2. The molecule has 0 spiro atoms. The summed E-state index contributed by atoms with van der Waals surface area (Å²) in [5.74, 6) is 1.01. The average molecular weight is 551 g/mol. The van der Waals surface area contributed by atoms with Crippen LogP contribution in [-0.2, 0) is 10.0 Å². The van der Waals surface area contributed by atoms with Gasteiger partial charge < -0.3 is 19.3 Å². The summed E-state index contributed by atoms with van der Waals surface area (Å²) >= 11 is 0. The number of hydrogen-bond donors (Lipinski definition) is 2. The van der Waals surface area contributed by atoms with E-state index in [4.69, 9.17) is 19.5 Å². The second-order valence-electron chi connectivity index (χ2n) is 8.29. The molecule has 0 aliphatic carbocycles. The van der Waals surface area contributed by atoms with Crippen LogP contribution >= 0.6 is 0 Å². The van der Waals surface area contributed by atoms with Crippen molar-refractivity contribution in [3.8, 4) is 40.7 Å². The van der Waals surface area contributed by atoms with Gasteiger partial charge in [0.15, 0.2) is 5.82 Å². The number of rotatable bonds is 10. The second kappa shape index (κ2) is 11.4. The van der Waals surface area contributed by atoms with E-state index in [0.717, 1.165) is 0 Å². The van der Waals surface area contributed by atoms with Gasteiger partial charge in [0.25, 0.3) is 0 Å². The Labute approximate surface area is 225 Å². The molecule has 0 fully saturated rings. The number of anilines is 1. The van der Waals surface area contributed by atoms with Crippen molar-refractivity contribution in [1.82, 2.24) is 19.7 Å². The molecule has 2 N–H and O–H groups in total. The first kappa shape index (κ1) is 27.4. The molecule has 4 aromatic rings. The number of ether oxygens (including phenoxy) is 3. The smallest absolute Gasteiger partial charge is 0.243 e. The lowest BCUT2D eigenvalue weighted by molar-refractivity contribution is 0.176. The third-order valence-electron chi connectivity index (χ3n) is 6.00. The molecular weight excluding hydrogens is 524 g/mol. The van der Waals surface area contributed by atoms with E-state index < -0.39 is 21.4 Å². The molecule has 0 amide bonds.